The van der Waals surface area contributed by atoms with Crippen LogP contribution in [0.5, 0.6) is 5.75 Å². The van der Waals surface area contributed by atoms with Gasteiger partial charge in [0.2, 0.25) is 5.91 Å². The highest BCUT2D eigenvalue weighted by Gasteiger charge is 2.11. The monoisotopic (exact) mass is 244 g/mol. The van der Waals surface area contributed by atoms with E-state index in [1.54, 1.807) is 13.0 Å². The first-order valence-electron chi connectivity index (χ1n) is 5.14. The van der Waals surface area contributed by atoms with Crippen LogP contribution in [0.1, 0.15) is 13.3 Å². The third kappa shape index (κ3) is 4.36. The van der Waals surface area contributed by atoms with Gasteiger partial charge < -0.3 is 15.8 Å². The van der Waals surface area contributed by atoms with E-state index >= 15 is 0 Å². The second kappa shape index (κ2) is 6.15. The minimum Gasteiger partial charge on any atom is -0.435 e. The largest absolute Gasteiger partial charge is 0.435 e. The number of carbonyl (C=O) groups excluding carboxylic acids is 1. The summed E-state index contributed by atoms with van der Waals surface area (Å²) in [7, 11) is 0. The van der Waals surface area contributed by atoms with Crippen molar-refractivity contribution < 1.29 is 18.3 Å². The molecule has 0 aliphatic rings. The van der Waals surface area contributed by atoms with Gasteiger partial charge in [-0.2, -0.15) is 8.78 Å². The first kappa shape index (κ1) is 13.4. The normalized spacial score (nSPS) is 12.3. The lowest BCUT2D eigenvalue weighted by atomic mass is 10.2. The van der Waals surface area contributed by atoms with Gasteiger partial charge in [-0.1, -0.05) is 13.0 Å². The summed E-state index contributed by atoms with van der Waals surface area (Å²) in [6.45, 7) is -1.11. The molecule has 1 aromatic carbocycles. The van der Waals surface area contributed by atoms with Crippen molar-refractivity contribution in [3.8, 4) is 5.75 Å². The predicted octanol–water partition coefficient (Wildman–Crippen LogP) is 1.96. The molecule has 0 saturated carbocycles. The van der Waals surface area contributed by atoms with Crippen molar-refractivity contribution in [2.75, 3.05) is 5.32 Å². The van der Waals surface area contributed by atoms with Gasteiger partial charge in [0.25, 0.3) is 0 Å². The number of ether oxygens (including phenoxy) is 1. The topological polar surface area (TPSA) is 64.4 Å². The van der Waals surface area contributed by atoms with Gasteiger partial charge in [-0.15, -0.1) is 0 Å². The van der Waals surface area contributed by atoms with E-state index in [4.69, 9.17) is 5.73 Å². The molecule has 1 atom stereocenters. The molecule has 1 amide bonds. The van der Waals surface area contributed by atoms with Gasteiger partial charge in [-0.25, -0.2) is 0 Å². The summed E-state index contributed by atoms with van der Waals surface area (Å²) < 4.78 is 28.1. The number of nitrogens with two attached hydrogens (primary N) is 1. The van der Waals surface area contributed by atoms with Crippen LogP contribution in [0.15, 0.2) is 24.3 Å². The molecule has 4 nitrogen and oxygen atoms in total. The van der Waals surface area contributed by atoms with Gasteiger partial charge >= 0.3 is 6.61 Å². The summed E-state index contributed by atoms with van der Waals surface area (Å²) in [6.07, 6.45) is 0.499. The number of rotatable bonds is 5. The molecule has 3 N–H and O–H groups in total. The van der Waals surface area contributed by atoms with Crippen LogP contribution in [0.2, 0.25) is 0 Å². The zero-order chi connectivity index (χ0) is 12.8. The fourth-order valence-corrected chi connectivity index (χ4v) is 1.17. The molecular formula is C11H14F2N2O2. The van der Waals surface area contributed by atoms with Gasteiger partial charge in [0, 0.05) is 11.8 Å². The molecule has 0 aliphatic carbocycles. The van der Waals surface area contributed by atoms with Crippen molar-refractivity contribution in [1.29, 1.82) is 0 Å². The number of anilines is 1. The Hall–Kier alpha value is -1.69. The molecule has 0 radical (unpaired) electrons. The molecular weight excluding hydrogens is 230 g/mol. The lowest BCUT2D eigenvalue weighted by molar-refractivity contribution is -0.117. The molecule has 0 spiro atoms. The maximum absolute atomic E-state index is 12.0. The van der Waals surface area contributed by atoms with Gasteiger partial charge in [-0.3, -0.25) is 4.79 Å². The Kier molecular flexibility index (Phi) is 4.84. The Morgan fingerprint density at radius 2 is 2.24 bits per heavy atom. The Morgan fingerprint density at radius 1 is 1.53 bits per heavy atom. The lowest BCUT2D eigenvalue weighted by Crippen LogP contribution is -2.34. The van der Waals surface area contributed by atoms with E-state index < -0.39 is 12.7 Å². The van der Waals surface area contributed by atoms with E-state index in [-0.39, 0.29) is 11.7 Å². The maximum atomic E-state index is 12.0. The summed E-state index contributed by atoms with van der Waals surface area (Å²) in [6, 6.07) is 5.15. The molecule has 0 aliphatic heterocycles. The number of benzene rings is 1. The van der Waals surface area contributed by atoms with E-state index in [9.17, 15) is 13.6 Å². The van der Waals surface area contributed by atoms with Crippen LogP contribution >= 0.6 is 0 Å². The zero-order valence-electron chi connectivity index (χ0n) is 9.32. The molecule has 1 aromatic rings. The first-order chi connectivity index (χ1) is 8.02. The van der Waals surface area contributed by atoms with Gasteiger partial charge in [-0.05, 0) is 18.6 Å². The molecule has 17 heavy (non-hydrogen) atoms. The molecule has 0 saturated heterocycles. The number of hydrogen-bond donors (Lipinski definition) is 2. The lowest BCUT2D eigenvalue weighted by Gasteiger charge is -2.11. The van der Waals surface area contributed by atoms with Crippen molar-refractivity contribution in [2.24, 2.45) is 5.73 Å². The van der Waals surface area contributed by atoms with Crippen LogP contribution in [0, 0.1) is 0 Å². The molecule has 6 heteroatoms. The van der Waals surface area contributed by atoms with Crippen LogP contribution in [-0.4, -0.2) is 18.6 Å². The highest BCUT2D eigenvalue weighted by atomic mass is 19.3. The number of amides is 1. The molecule has 0 aromatic heterocycles. The average molecular weight is 244 g/mol. The number of halogens is 2. The van der Waals surface area contributed by atoms with Gasteiger partial charge in [0.05, 0.1) is 6.04 Å². The van der Waals surface area contributed by atoms with Crippen molar-refractivity contribution in [3.63, 3.8) is 0 Å². The summed E-state index contributed by atoms with van der Waals surface area (Å²) >= 11 is 0. The second-order valence-corrected chi connectivity index (χ2v) is 3.41. The number of carbonyl (C=O) groups is 1. The summed E-state index contributed by atoms with van der Waals surface area (Å²) in [5, 5.41) is 2.52. The third-order valence-electron chi connectivity index (χ3n) is 2.10. The van der Waals surface area contributed by atoms with Crippen molar-refractivity contribution >= 4 is 11.6 Å². The summed E-state index contributed by atoms with van der Waals surface area (Å²) in [4.78, 5) is 11.5. The van der Waals surface area contributed by atoms with E-state index in [0.717, 1.165) is 0 Å². The van der Waals surface area contributed by atoms with Crippen LogP contribution in [0.25, 0.3) is 0 Å². The number of nitrogens with one attached hydrogen (secondary N) is 1. The molecule has 94 valence electrons. The maximum Gasteiger partial charge on any atom is 0.387 e. The first-order valence-corrected chi connectivity index (χ1v) is 5.14. The van der Waals surface area contributed by atoms with Crippen molar-refractivity contribution in [3.05, 3.63) is 24.3 Å². The minimum atomic E-state index is -2.89. The summed E-state index contributed by atoms with van der Waals surface area (Å²) in [5.41, 5.74) is 5.89. The van der Waals surface area contributed by atoms with Crippen LogP contribution in [-0.2, 0) is 4.79 Å². The standard InChI is InChI=1S/C11H14F2N2O2/c1-2-9(14)10(16)15-7-4-3-5-8(6-7)17-11(12)13/h3-6,9,11H,2,14H2,1H3,(H,15,16)/t9-/m1/s1. The van der Waals surface area contributed by atoms with E-state index in [0.29, 0.717) is 12.1 Å². The van der Waals surface area contributed by atoms with E-state index in [2.05, 4.69) is 10.1 Å². The molecule has 0 fully saturated rings. The Labute approximate surface area is 97.8 Å². The fraction of sp³-hybridized carbons (Fsp3) is 0.364. The fourth-order valence-electron chi connectivity index (χ4n) is 1.17. The molecule has 1 rings (SSSR count). The minimum absolute atomic E-state index is 0.0112. The average Bonchev–Trinajstić information content (AvgIpc) is 2.27. The highest BCUT2D eigenvalue weighted by Crippen LogP contribution is 2.19. The Balaban J connectivity index is 2.68. The number of alkyl halides is 2. The smallest absolute Gasteiger partial charge is 0.387 e. The quantitative estimate of drug-likeness (QED) is 0.832. The Bertz CT molecular complexity index is 385. The van der Waals surface area contributed by atoms with Crippen molar-refractivity contribution in [2.45, 2.75) is 26.0 Å². The zero-order valence-corrected chi connectivity index (χ0v) is 9.32. The number of hydrogen-bond acceptors (Lipinski definition) is 3. The van der Waals surface area contributed by atoms with E-state index in [1.807, 2.05) is 0 Å². The molecule has 0 heterocycles. The summed E-state index contributed by atoms with van der Waals surface area (Å²) in [5.74, 6) is -0.371. The van der Waals surface area contributed by atoms with Crippen LogP contribution < -0.4 is 15.8 Å². The SMILES string of the molecule is CC[C@@H](N)C(=O)Nc1cccc(OC(F)F)c1. The molecule has 0 unspecified atom stereocenters. The van der Waals surface area contributed by atoms with Crippen LogP contribution in [0.3, 0.4) is 0 Å². The molecule has 0 bridgehead atoms. The third-order valence-corrected chi connectivity index (χ3v) is 2.10. The second-order valence-electron chi connectivity index (χ2n) is 3.41. The van der Waals surface area contributed by atoms with E-state index in [1.165, 1.54) is 18.2 Å². The van der Waals surface area contributed by atoms with Gasteiger partial charge in [0.15, 0.2) is 0 Å². The van der Waals surface area contributed by atoms with Gasteiger partial charge in [0.1, 0.15) is 5.75 Å². The van der Waals surface area contributed by atoms with Crippen molar-refractivity contribution in [1.82, 2.24) is 0 Å². The predicted molar refractivity (Wildman–Crippen MR) is 60.0 cm³/mol. The Morgan fingerprint density at radius 3 is 2.82 bits per heavy atom. The van der Waals surface area contributed by atoms with Crippen LogP contribution in [0.4, 0.5) is 14.5 Å². The highest BCUT2D eigenvalue weighted by molar-refractivity contribution is 5.94.